The summed E-state index contributed by atoms with van der Waals surface area (Å²) in [6.45, 7) is 3.77. The quantitative estimate of drug-likeness (QED) is 0.416. The summed E-state index contributed by atoms with van der Waals surface area (Å²) in [6.07, 6.45) is 4.27. The van der Waals surface area contributed by atoms with E-state index in [0.29, 0.717) is 18.4 Å². The number of rotatable bonds is 9. The molecule has 2 aromatic heterocycles. The van der Waals surface area contributed by atoms with Crippen LogP contribution in [0.2, 0.25) is 0 Å². The number of thiol groups is 1. The van der Waals surface area contributed by atoms with E-state index < -0.39 is 28.7 Å². The van der Waals surface area contributed by atoms with E-state index in [2.05, 4.69) is 28.2 Å². The molecule has 32 heavy (non-hydrogen) atoms. The van der Waals surface area contributed by atoms with Crippen LogP contribution in [0.5, 0.6) is 0 Å². The van der Waals surface area contributed by atoms with Gasteiger partial charge in [0.25, 0.3) is 0 Å². The van der Waals surface area contributed by atoms with Crippen molar-refractivity contribution in [1.29, 1.82) is 0 Å². The first-order chi connectivity index (χ1) is 15.2. The normalized spacial score (nSPS) is 17.0. The summed E-state index contributed by atoms with van der Waals surface area (Å²) < 4.78 is 0. The topological polar surface area (TPSA) is 108 Å². The molecule has 2 heterocycles. The van der Waals surface area contributed by atoms with Gasteiger partial charge in [-0.25, -0.2) is 4.79 Å². The molecule has 172 valence electrons. The van der Waals surface area contributed by atoms with Crippen molar-refractivity contribution < 1.29 is 19.5 Å². The minimum absolute atomic E-state index is 0.0103. The first-order valence-electron chi connectivity index (χ1n) is 10.7. The van der Waals surface area contributed by atoms with E-state index in [1.54, 1.807) is 17.5 Å². The smallest absolute Gasteiger partial charge is 0.326 e. The highest BCUT2D eigenvalue weighted by Crippen LogP contribution is 2.31. The summed E-state index contributed by atoms with van der Waals surface area (Å²) in [4.78, 5) is 42.1. The Morgan fingerprint density at radius 2 is 1.94 bits per heavy atom. The molecular formula is C23H29N3O4S2. The van der Waals surface area contributed by atoms with Crippen molar-refractivity contribution in [3.8, 4) is 11.3 Å². The molecule has 3 rings (SSSR count). The van der Waals surface area contributed by atoms with Crippen LogP contribution < -0.4 is 10.6 Å². The molecule has 9 heteroatoms. The van der Waals surface area contributed by atoms with E-state index in [1.807, 2.05) is 42.8 Å². The molecule has 0 unspecified atom stereocenters. The highest BCUT2D eigenvalue weighted by atomic mass is 32.1. The second kappa shape index (κ2) is 10.5. The zero-order valence-corrected chi connectivity index (χ0v) is 19.9. The van der Waals surface area contributed by atoms with Gasteiger partial charge in [0, 0.05) is 23.6 Å². The number of nitrogens with zero attached hydrogens (tertiary/aromatic N) is 1. The van der Waals surface area contributed by atoms with Gasteiger partial charge < -0.3 is 15.7 Å². The molecule has 2 atom stereocenters. The number of pyridine rings is 1. The van der Waals surface area contributed by atoms with Crippen molar-refractivity contribution in [3.63, 3.8) is 0 Å². The van der Waals surface area contributed by atoms with Crippen LogP contribution in [0.15, 0.2) is 35.2 Å². The van der Waals surface area contributed by atoms with Gasteiger partial charge in [-0.05, 0) is 41.8 Å². The average molecular weight is 476 g/mol. The van der Waals surface area contributed by atoms with Crippen molar-refractivity contribution >= 4 is 41.7 Å². The molecule has 1 aliphatic rings. The molecule has 0 radical (unpaired) electrons. The van der Waals surface area contributed by atoms with Crippen molar-refractivity contribution in [3.05, 3.63) is 40.7 Å². The molecule has 7 nitrogen and oxygen atoms in total. The van der Waals surface area contributed by atoms with Gasteiger partial charge in [0.05, 0.1) is 10.9 Å². The summed E-state index contributed by atoms with van der Waals surface area (Å²) >= 11 is 5.93. The van der Waals surface area contributed by atoms with E-state index in [1.165, 1.54) is 0 Å². The molecule has 1 fully saturated rings. The Labute approximate surface area is 197 Å². The Morgan fingerprint density at radius 1 is 1.22 bits per heavy atom. The zero-order valence-electron chi connectivity index (χ0n) is 18.2. The van der Waals surface area contributed by atoms with Crippen molar-refractivity contribution in [2.45, 2.75) is 62.8 Å². The monoisotopic (exact) mass is 475 g/mol. The van der Waals surface area contributed by atoms with Crippen LogP contribution in [0, 0.1) is 5.92 Å². The predicted octanol–water partition coefficient (Wildman–Crippen LogP) is 3.31. The number of carboxylic acids is 1. The number of thiophene rings is 1. The van der Waals surface area contributed by atoms with E-state index in [-0.39, 0.29) is 18.2 Å². The average Bonchev–Trinajstić information content (AvgIpc) is 3.46. The van der Waals surface area contributed by atoms with Gasteiger partial charge in [-0.15, -0.1) is 0 Å². The van der Waals surface area contributed by atoms with Crippen LogP contribution in [0.1, 0.15) is 45.1 Å². The molecule has 0 spiro atoms. The molecule has 1 aliphatic carbocycles. The highest BCUT2D eigenvalue weighted by Gasteiger charge is 2.44. The second-order valence-corrected chi connectivity index (χ2v) is 9.94. The first-order valence-corrected chi connectivity index (χ1v) is 12.2. The lowest BCUT2D eigenvalue weighted by Crippen LogP contribution is -2.61. The van der Waals surface area contributed by atoms with Crippen molar-refractivity contribution in [1.82, 2.24) is 15.6 Å². The van der Waals surface area contributed by atoms with Crippen LogP contribution in [-0.4, -0.2) is 44.7 Å². The van der Waals surface area contributed by atoms with Crippen molar-refractivity contribution in [2.75, 3.05) is 0 Å². The Bertz CT molecular complexity index is 939. The fourth-order valence-corrected chi connectivity index (χ4v) is 4.57. The summed E-state index contributed by atoms with van der Waals surface area (Å²) in [6, 6.07) is 4.51. The fourth-order valence-electron chi connectivity index (χ4n) is 3.86. The maximum Gasteiger partial charge on any atom is 0.326 e. The predicted molar refractivity (Wildman–Crippen MR) is 128 cm³/mol. The lowest BCUT2D eigenvalue weighted by atomic mass is 9.94. The molecule has 0 aromatic carbocycles. The molecule has 0 bridgehead atoms. The Balaban J connectivity index is 1.70. The Kier molecular flexibility index (Phi) is 7.95. The van der Waals surface area contributed by atoms with Crippen LogP contribution in [0.4, 0.5) is 0 Å². The zero-order chi connectivity index (χ0) is 23.3. The molecule has 1 saturated carbocycles. The summed E-state index contributed by atoms with van der Waals surface area (Å²) in [5.74, 6) is -1.88. The third-order valence-corrected chi connectivity index (χ3v) is 7.35. The van der Waals surface area contributed by atoms with Gasteiger partial charge in [0.1, 0.15) is 11.6 Å². The Morgan fingerprint density at radius 3 is 2.47 bits per heavy atom. The molecule has 2 aromatic rings. The summed E-state index contributed by atoms with van der Waals surface area (Å²) in [5, 5.41) is 18.7. The maximum absolute atomic E-state index is 13.2. The van der Waals surface area contributed by atoms with Gasteiger partial charge in [0.2, 0.25) is 11.8 Å². The number of hydrogen-bond donors (Lipinski definition) is 4. The standard InChI is InChI=1S/C23H29N3O4S2/c1-14(2)19(31)20(27)26-23(8-3-4-9-23)22(30)25-18(21(28)29)11-15-5-6-17(24-12-15)16-7-10-32-13-16/h5-7,10,12-14,18-19,31H,3-4,8-9,11H2,1-2H3,(H,25,30)(H,26,27)(H,28,29)/t18-,19-/m0/s1. The second-order valence-electron chi connectivity index (χ2n) is 8.60. The Hall–Kier alpha value is -2.39. The minimum Gasteiger partial charge on any atom is -0.480 e. The van der Waals surface area contributed by atoms with Gasteiger partial charge >= 0.3 is 5.97 Å². The van der Waals surface area contributed by atoms with Crippen LogP contribution in [0.25, 0.3) is 11.3 Å². The largest absolute Gasteiger partial charge is 0.480 e. The number of hydrogen-bond acceptors (Lipinski definition) is 6. The number of amides is 2. The highest BCUT2D eigenvalue weighted by molar-refractivity contribution is 7.81. The summed E-state index contributed by atoms with van der Waals surface area (Å²) in [7, 11) is 0. The van der Waals surface area contributed by atoms with E-state index in [9.17, 15) is 19.5 Å². The summed E-state index contributed by atoms with van der Waals surface area (Å²) in [5.41, 5.74) is 1.43. The number of aliphatic carboxylic acids is 1. The lowest BCUT2D eigenvalue weighted by molar-refractivity contribution is -0.143. The van der Waals surface area contributed by atoms with E-state index in [0.717, 1.165) is 24.1 Å². The fraction of sp³-hybridized carbons (Fsp3) is 0.478. The number of nitrogens with one attached hydrogen (secondary N) is 2. The maximum atomic E-state index is 13.2. The van der Waals surface area contributed by atoms with Crippen LogP contribution in [-0.2, 0) is 20.8 Å². The van der Waals surface area contributed by atoms with E-state index in [4.69, 9.17) is 0 Å². The number of carboxylic acid groups (broad SMARTS) is 1. The number of aromatic nitrogens is 1. The van der Waals surface area contributed by atoms with Crippen molar-refractivity contribution in [2.24, 2.45) is 5.92 Å². The molecule has 0 aliphatic heterocycles. The van der Waals surface area contributed by atoms with E-state index >= 15 is 0 Å². The van der Waals surface area contributed by atoms with Gasteiger partial charge in [-0.1, -0.05) is 32.8 Å². The number of carbonyl (C=O) groups excluding carboxylic acids is 2. The molecular weight excluding hydrogens is 446 g/mol. The molecule has 2 amide bonds. The lowest BCUT2D eigenvalue weighted by Gasteiger charge is -2.32. The molecule has 3 N–H and O–H groups in total. The third kappa shape index (κ3) is 5.69. The van der Waals surface area contributed by atoms with Crippen LogP contribution >= 0.6 is 24.0 Å². The molecule has 0 saturated heterocycles. The van der Waals surface area contributed by atoms with Gasteiger partial charge in [0.15, 0.2) is 0 Å². The minimum atomic E-state index is -1.13. The third-order valence-electron chi connectivity index (χ3n) is 5.84. The SMILES string of the molecule is CC(C)[C@H](S)C(=O)NC1(C(=O)N[C@@H](Cc2ccc(-c3ccsc3)nc2)C(=O)O)CCCC1. The van der Waals surface area contributed by atoms with Crippen LogP contribution in [0.3, 0.4) is 0 Å². The van der Waals surface area contributed by atoms with Gasteiger partial charge in [-0.3, -0.25) is 14.6 Å². The number of carbonyl (C=O) groups is 3. The van der Waals surface area contributed by atoms with Gasteiger partial charge in [-0.2, -0.15) is 24.0 Å². The first kappa shape index (κ1) is 24.3.